The first-order valence-electron chi connectivity index (χ1n) is 16.4. The molecule has 4 aliphatic rings. The molecular weight excluding hydrogens is 555 g/mol. The minimum Gasteiger partial charge on any atom is -0.336 e. The van der Waals surface area contributed by atoms with Crippen LogP contribution in [0, 0.1) is 18.7 Å². The lowest BCUT2D eigenvalue weighted by molar-refractivity contribution is -0.139. The van der Waals surface area contributed by atoms with Crippen molar-refractivity contribution in [3.05, 3.63) is 77.6 Å². The van der Waals surface area contributed by atoms with Gasteiger partial charge in [0, 0.05) is 67.2 Å². The molecule has 44 heavy (non-hydrogen) atoms. The monoisotopic (exact) mass is 598 g/mol. The minimum atomic E-state index is -0.327. The highest BCUT2D eigenvalue weighted by Gasteiger charge is 2.42. The molecule has 9 heteroatoms. The first-order chi connectivity index (χ1) is 21.4. The largest absolute Gasteiger partial charge is 0.336 e. The first-order valence-corrected chi connectivity index (χ1v) is 16.4. The summed E-state index contributed by atoms with van der Waals surface area (Å²) in [4.78, 5) is 37.8. The van der Waals surface area contributed by atoms with Gasteiger partial charge in [-0.05, 0) is 88.3 Å². The predicted octanol–water partition coefficient (Wildman–Crippen LogP) is 6.31. The van der Waals surface area contributed by atoms with Crippen molar-refractivity contribution in [1.29, 1.82) is 0 Å². The highest BCUT2D eigenvalue weighted by atomic mass is 19.1. The summed E-state index contributed by atoms with van der Waals surface area (Å²) in [6, 6.07) is 16.9. The number of benzene rings is 2. The number of carbonyl (C=O) groups excluding carboxylic acids is 2. The number of hydrogen-bond acceptors (Lipinski definition) is 4. The molecule has 3 aliphatic heterocycles. The number of hydrogen-bond donors (Lipinski definition) is 1. The summed E-state index contributed by atoms with van der Waals surface area (Å²) in [5, 5.41) is 2.93. The Bertz CT molecular complexity index is 1470. The topological polar surface area (TPSA) is 73.7 Å². The van der Waals surface area contributed by atoms with Crippen LogP contribution >= 0.6 is 0 Å². The van der Waals surface area contributed by atoms with E-state index in [0.717, 1.165) is 68.8 Å². The van der Waals surface area contributed by atoms with E-state index in [1.807, 2.05) is 35.2 Å². The average Bonchev–Trinajstić information content (AvgIpc) is 3.45. The van der Waals surface area contributed by atoms with Crippen LogP contribution in [-0.2, 0) is 17.8 Å². The van der Waals surface area contributed by atoms with E-state index in [1.54, 1.807) is 17.0 Å². The van der Waals surface area contributed by atoms with Crippen molar-refractivity contribution in [2.45, 2.75) is 89.4 Å². The third kappa shape index (κ3) is 5.74. The number of anilines is 2. The molecule has 2 saturated heterocycles. The lowest BCUT2D eigenvalue weighted by atomic mass is 9.84. The third-order valence-corrected chi connectivity index (χ3v) is 10.4. The Kier molecular flexibility index (Phi) is 8.14. The molecular formula is C35H43FN6O2. The average molecular weight is 599 g/mol. The fourth-order valence-electron chi connectivity index (χ4n) is 8.04. The molecule has 232 valence electrons. The molecule has 4 heterocycles. The van der Waals surface area contributed by atoms with E-state index in [4.69, 9.17) is 4.98 Å². The van der Waals surface area contributed by atoms with Gasteiger partial charge in [-0.3, -0.25) is 14.6 Å². The lowest BCUT2D eigenvalue weighted by Gasteiger charge is -2.41. The molecule has 2 atom stereocenters. The molecule has 3 aromatic rings. The molecule has 3 fully saturated rings. The molecule has 0 radical (unpaired) electrons. The molecule has 2 unspecified atom stereocenters. The Hall–Kier alpha value is -3.72. The molecule has 7 rings (SSSR count). The number of imidazole rings is 1. The number of nitrogens with one attached hydrogen (secondary N) is 1. The minimum absolute atomic E-state index is 0.210. The van der Waals surface area contributed by atoms with Crippen LogP contribution in [-0.4, -0.2) is 63.0 Å². The molecule has 2 bridgehead atoms. The summed E-state index contributed by atoms with van der Waals surface area (Å²) in [5.74, 6) is 1.34. The Labute approximate surface area is 259 Å². The van der Waals surface area contributed by atoms with Gasteiger partial charge in [0.2, 0.25) is 5.91 Å². The van der Waals surface area contributed by atoms with Gasteiger partial charge < -0.3 is 14.8 Å². The van der Waals surface area contributed by atoms with E-state index in [1.165, 1.54) is 37.1 Å². The number of halogens is 1. The number of urea groups is 1. The van der Waals surface area contributed by atoms with E-state index >= 15 is 0 Å². The van der Waals surface area contributed by atoms with Gasteiger partial charge in [-0.15, -0.1) is 0 Å². The van der Waals surface area contributed by atoms with Gasteiger partial charge >= 0.3 is 6.03 Å². The predicted molar refractivity (Wildman–Crippen MR) is 169 cm³/mol. The summed E-state index contributed by atoms with van der Waals surface area (Å²) in [6.45, 7) is 5.16. The zero-order valence-corrected chi connectivity index (χ0v) is 25.6. The van der Waals surface area contributed by atoms with E-state index in [2.05, 4.69) is 21.7 Å². The highest BCUT2D eigenvalue weighted by molar-refractivity contribution is 6.01. The summed E-state index contributed by atoms with van der Waals surface area (Å²) in [7, 11) is 0. The number of piperidine rings is 1. The van der Waals surface area contributed by atoms with Gasteiger partial charge in [-0.1, -0.05) is 24.6 Å². The molecule has 1 aliphatic carbocycles. The Morgan fingerprint density at radius 2 is 1.70 bits per heavy atom. The molecule has 2 aromatic carbocycles. The second-order valence-electron chi connectivity index (χ2n) is 13.1. The number of para-hydroxylation sites is 1. The molecule has 1 saturated carbocycles. The van der Waals surface area contributed by atoms with Crippen molar-refractivity contribution in [3.8, 4) is 0 Å². The molecule has 1 N–H and O–H groups in total. The standard InChI is InChI=1S/C35H43FN6O2/c1-24-37-32-23-39(34(43)25-7-5-8-25)20-17-33(32)42(24)31-21-29-15-16-30(22-31)40(29)18-6-19-41(28-9-3-2-4-10-28)35(44)38-27-13-11-26(36)12-14-27/h2-4,9-14,25,29-31H,5-8,15-23H2,1H3,(H,38,44). The maximum atomic E-state index is 13.4. The maximum Gasteiger partial charge on any atom is 0.326 e. The van der Waals surface area contributed by atoms with Gasteiger partial charge in [-0.2, -0.15) is 0 Å². The molecule has 3 amide bonds. The van der Waals surface area contributed by atoms with Crippen molar-refractivity contribution >= 4 is 23.3 Å². The number of nitrogens with zero attached hydrogens (tertiary/aromatic N) is 5. The van der Waals surface area contributed by atoms with Crippen molar-refractivity contribution in [2.24, 2.45) is 5.92 Å². The van der Waals surface area contributed by atoms with E-state index in [0.29, 0.717) is 42.8 Å². The summed E-state index contributed by atoms with van der Waals surface area (Å²) >= 11 is 0. The number of aryl methyl sites for hydroxylation is 1. The van der Waals surface area contributed by atoms with Crippen LogP contribution < -0.4 is 10.2 Å². The third-order valence-electron chi connectivity index (χ3n) is 10.4. The number of amides is 3. The van der Waals surface area contributed by atoms with Crippen molar-refractivity contribution in [1.82, 2.24) is 19.4 Å². The van der Waals surface area contributed by atoms with E-state index in [-0.39, 0.29) is 17.8 Å². The normalized spacial score (nSPS) is 23.2. The van der Waals surface area contributed by atoms with Crippen LogP contribution in [0.3, 0.4) is 0 Å². The van der Waals surface area contributed by atoms with Crippen LogP contribution in [0.15, 0.2) is 54.6 Å². The van der Waals surface area contributed by atoms with Crippen LogP contribution in [0.4, 0.5) is 20.6 Å². The maximum absolute atomic E-state index is 13.4. The lowest BCUT2D eigenvalue weighted by Crippen LogP contribution is -2.46. The van der Waals surface area contributed by atoms with Gasteiger partial charge in [-0.25, -0.2) is 14.2 Å². The zero-order valence-electron chi connectivity index (χ0n) is 25.6. The van der Waals surface area contributed by atoms with Crippen LogP contribution in [0.2, 0.25) is 0 Å². The Morgan fingerprint density at radius 3 is 2.39 bits per heavy atom. The highest BCUT2D eigenvalue weighted by Crippen LogP contribution is 2.42. The van der Waals surface area contributed by atoms with Crippen molar-refractivity contribution < 1.29 is 14.0 Å². The number of carbonyl (C=O) groups is 2. The SMILES string of the molecule is Cc1nc2c(n1C1CC3CCC(C1)N3CCCN(C(=O)Nc1ccc(F)cc1)c1ccccc1)CCN(C(=O)C1CCC1)C2. The molecule has 8 nitrogen and oxygen atoms in total. The summed E-state index contributed by atoms with van der Waals surface area (Å²) in [5.41, 5.74) is 3.88. The van der Waals surface area contributed by atoms with Crippen LogP contribution in [0.25, 0.3) is 0 Å². The number of fused-ring (bicyclic) bond motifs is 3. The van der Waals surface area contributed by atoms with Crippen LogP contribution in [0.5, 0.6) is 0 Å². The molecule has 1 aromatic heterocycles. The van der Waals surface area contributed by atoms with E-state index < -0.39 is 0 Å². The second-order valence-corrected chi connectivity index (χ2v) is 13.1. The fourth-order valence-corrected chi connectivity index (χ4v) is 8.04. The Morgan fingerprint density at radius 1 is 0.977 bits per heavy atom. The Balaban J connectivity index is 0.981. The van der Waals surface area contributed by atoms with Crippen molar-refractivity contribution in [2.75, 3.05) is 29.9 Å². The summed E-state index contributed by atoms with van der Waals surface area (Å²) in [6.07, 6.45) is 9.73. The fraction of sp³-hybridized carbons (Fsp3) is 0.514. The van der Waals surface area contributed by atoms with Crippen molar-refractivity contribution in [3.63, 3.8) is 0 Å². The summed E-state index contributed by atoms with van der Waals surface area (Å²) < 4.78 is 15.9. The quantitative estimate of drug-likeness (QED) is 0.330. The van der Waals surface area contributed by atoms with Gasteiger partial charge in [0.1, 0.15) is 11.6 Å². The first kappa shape index (κ1) is 29.0. The van der Waals surface area contributed by atoms with Gasteiger partial charge in [0.05, 0.1) is 12.2 Å². The smallest absolute Gasteiger partial charge is 0.326 e. The number of aromatic nitrogens is 2. The molecule has 0 spiro atoms. The number of rotatable bonds is 8. The van der Waals surface area contributed by atoms with Crippen LogP contribution in [0.1, 0.15) is 74.6 Å². The van der Waals surface area contributed by atoms with E-state index in [9.17, 15) is 14.0 Å². The van der Waals surface area contributed by atoms with Gasteiger partial charge in [0.25, 0.3) is 0 Å². The second kappa shape index (κ2) is 12.3. The zero-order chi connectivity index (χ0) is 30.2. The van der Waals surface area contributed by atoms with Gasteiger partial charge in [0.15, 0.2) is 0 Å².